The molecule has 0 aliphatic heterocycles. The highest BCUT2D eigenvalue weighted by Gasteiger charge is 2.19. The molecule has 0 bridgehead atoms. The van der Waals surface area contributed by atoms with Gasteiger partial charge in [0.2, 0.25) is 5.89 Å². The van der Waals surface area contributed by atoms with E-state index >= 15 is 0 Å². The smallest absolute Gasteiger partial charge is 0.256 e. The number of carbonyl (C=O) groups is 1. The zero-order valence-corrected chi connectivity index (χ0v) is 18.8. The Hall–Kier alpha value is -4.26. The zero-order chi connectivity index (χ0) is 23.4. The molecule has 0 radical (unpaired) electrons. The Morgan fingerprint density at radius 1 is 0.879 bits per heavy atom. The van der Waals surface area contributed by atoms with Crippen LogP contribution in [0.25, 0.3) is 22.8 Å². The van der Waals surface area contributed by atoms with Crippen molar-refractivity contribution in [3.8, 4) is 40.0 Å². The molecule has 7 nitrogen and oxygen atoms in total. The summed E-state index contributed by atoms with van der Waals surface area (Å²) >= 11 is 0. The number of aromatic nitrogens is 1. The molecule has 3 aromatic carbocycles. The molecule has 0 saturated heterocycles. The summed E-state index contributed by atoms with van der Waals surface area (Å²) < 4.78 is 22.1. The van der Waals surface area contributed by atoms with E-state index in [1.165, 1.54) is 0 Å². The van der Waals surface area contributed by atoms with Gasteiger partial charge in [-0.3, -0.25) is 4.79 Å². The molecule has 1 N–H and O–H groups in total. The number of nitrogens with zero attached hydrogens (tertiary/aromatic N) is 1. The molecule has 33 heavy (non-hydrogen) atoms. The molecular weight excluding hydrogens is 420 g/mol. The number of amides is 1. The number of carbonyl (C=O) groups excluding carboxylic acids is 1. The Morgan fingerprint density at radius 2 is 1.67 bits per heavy atom. The van der Waals surface area contributed by atoms with E-state index in [2.05, 4.69) is 10.3 Å². The normalized spacial score (nSPS) is 10.5. The van der Waals surface area contributed by atoms with Crippen molar-refractivity contribution in [1.29, 1.82) is 0 Å². The number of anilines is 1. The van der Waals surface area contributed by atoms with Crippen LogP contribution in [-0.2, 0) is 0 Å². The van der Waals surface area contributed by atoms with Gasteiger partial charge < -0.3 is 23.9 Å². The van der Waals surface area contributed by atoms with Gasteiger partial charge in [-0.15, -0.1) is 0 Å². The second-order valence-corrected chi connectivity index (χ2v) is 7.30. The summed E-state index contributed by atoms with van der Waals surface area (Å²) in [5.74, 6) is 2.39. The summed E-state index contributed by atoms with van der Waals surface area (Å²) in [4.78, 5) is 17.6. The molecule has 4 rings (SSSR count). The first-order valence-corrected chi connectivity index (χ1v) is 10.3. The zero-order valence-electron chi connectivity index (χ0n) is 18.8. The fraction of sp³-hybridized carbons (Fsp3) is 0.154. The third-order valence-corrected chi connectivity index (χ3v) is 5.19. The second kappa shape index (κ2) is 9.48. The van der Waals surface area contributed by atoms with Crippen LogP contribution >= 0.6 is 0 Å². The van der Waals surface area contributed by atoms with E-state index < -0.39 is 0 Å². The van der Waals surface area contributed by atoms with E-state index in [1.807, 2.05) is 43.3 Å². The lowest BCUT2D eigenvalue weighted by Gasteiger charge is -2.12. The number of benzene rings is 3. The van der Waals surface area contributed by atoms with Crippen LogP contribution in [0.5, 0.6) is 17.2 Å². The lowest BCUT2D eigenvalue weighted by atomic mass is 10.1. The fourth-order valence-corrected chi connectivity index (χ4v) is 3.50. The number of oxazole rings is 1. The first-order chi connectivity index (χ1) is 16.0. The van der Waals surface area contributed by atoms with Crippen molar-refractivity contribution < 1.29 is 23.4 Å². The van der Waals surface area contributed by atoms with Gasteiger partial charge in [-0.05, 0) is 48.9 Å². The van der Waals surface area contributed by atoms with Crippen molar-refractivity contribution in [2.24, 2.45) is 0 Å². The van der Waals surface area contributed by atoms with Crippen LogP contribution in [0.15, 0.2) is 71.3 Å². The molecule has 1 heterocycles. The molecule has 1 aromatic heterocycles. The van der Waals surface area contributed by atoms with Gasteiger partial charge in [0.25, 0.3) is 5.91 Å². The topological polar surface area (TPSA) is 82.8 Å². The molecule has 4 aromatic rings. The fourth-order valence-electron chi connectivity index (χ4n) is 3.50. The number of rotatable bonds is 7. The first kappa shape index (κ1) is 22.0. The van der Waals surface area contributed by atoms with Crippen LogP contribution in [0.1, 0.15) is 15.9 Å². The van der Waals surface area contributed by atoms with E-state index in [4.69, 9.17) is 18.6 Å². The number of methoxy groups -OCH3 is 3. The Balaban J connectivity index is 1.67. The minimum atomic E-state index is -0.295. The van der Waals surface area contributed by atoms with E-state index in [0.717, 1.165) is 11.1 Å². The maximum Gasteiger partial charge on any atom is 0.256 e. The number of nitrogens with one attached hydrogen (secondary N) is 1. The lowest BCUT2D eigenvalue weighted by Crippen LogP contribution is -2.14. The lowest BCUT2D eigenvalue weighted by molar-refractivity contribution is 0.102. The number of hydrogen-bond donors (Lipinski definition) is 1. The molecule has 0 unspecified atom stereocenters. The number of hydrogen-bond acceptors (Lipinski definition) is 6. The Morgan fingerprint density at radius 3 is 2.42 bits per heavy atom. The molecular formula is C26H24N2O5. The molecule has 0 aliphatic rings. The van der Waals surface area contributed by atoms with Crippen molar-refractivity contribution in [2.45, 2.75) is 6.92 Å². The standard InChI is InChI=1S/C26H24N2O5/c1-16-9-12-22(31-3)21(13-16)28-25(29)18-7-5-6-8-19(18)26-27-15-24(33-26)20-11-10-17(30-2)14-23(20)32-4/h5-15H,1-4H3,(H,28,29). The van der Waals surface area contributed by atoms with Gasteiger partial charge in [0.15, 0.2) is 5.76 Å². The van der Waals surface area contributed by atoms with Gasteiger partial charge in [0.05, 0.1) is 44.3 Å². The van der Waals surface area contributed by atoms with Crippen LogP contribution < -0.4 is 19.5 Å². The first-order valence-electron chi connectivity index (χ1n) is 10.3. The predicted octanol–water partition coefficient (Wildman–Crippen LogP) is 5.60. The maximum absolute atomic E-state index is 13.2. The van der Waals surface area contributed by atoms with Gasteiger partial charge in [-0.1, -0.05) is 18.2 Å². The van der Waals surface area contributed by atoms with Gasteiger partial charge in [-0.2, -0.15) is 0 Å². The quantitative estimate of drug-likeness (QED) is 0.400. The second-order valence-electron chi connectivity index (χ2n) is 7.30. The number of ether oxygens (including phenoxy) is 3. The van der Waals surface area contributed by atoms with Crippen molar-refractivity contribution in [1.82, 2.24) is 4.98 Å². The van der Waals surface area contributed by atoms with Gasteiger partial charge in [-0.25, -0.2) is 4.98 Å². The summed E-state index contributed by atoms with van der Waals surface area (Å²) in [7, 11) is 4.74. The van der Waals surface area contributed by atoms with Crippen LogP contribution in [0.3, 0.4) is 0 Å². The third kappa shape index (κ3) is 4.52. The summed E-state index contributed by atoms with van der Waals surface area (Å²) in [5.41, 5.74) is 3.32. The van der Waals surface area contributed by atoms with Crippen LogP contribution in [-0.4, -0.2) is 32.2 Å². The summed E-state index contributed by atoms with van der Waals surface area (Å²) in [6.07, 6.45) is 1.61. The van der Waals surface area contributed by atoms with E-state index in [9.17, 15) is 4.79 Å². The van der Waals surface area contributed by atoms with Gasteiger partial charge in [0, 0.05) is 11.6 Å². The molecule has 1 amide bonds. The Kier molecular flexibility index (Phi) is 6.31. The van der Waals surface area contributed by atoms with Gasteiger partial charge in [0.1, 0.15) is 17.2 Å². The summed E-state index contributed by atoms with van der Waals surface area (Å²) in [6, 6.07) is 18.2. The molecule has 0 saturated carbocycles. The van der Waals surface area contributed by atoms with Crippen molar-refractivity contribution in [2.75, 3.05) is 26.6 Å². The SMILES string of the molecule is COc1ccc(-c2cnc(-c3ccccc3C(=O)Nc3cc(C)ccc3OC)o2)c(OC)c1. The molecule has 0 atom stereocenters. The minimum Gasteiger partial charge on any atom is -0.497 e. The van der Waals surface area contributed by atoms with E-state index in [0.29, 0.717) is 45.7 Å². The van der Waals surface area contributed by atoms with E-state index in [-0.39, 0.29) is 5.91 Å². The molecule has 7 heteroatoms. The Labute approximate surface area is 191 Å². The number of aryl methyl sites for hydroxylation is 1. The van der Waals surface area contributed by atoms with Gasteiger partial charge >= 0.3 is 0 Å². The minimum absolute atomic E-state index is 0.295. The van der Waals surface area contributed by atoms with Crippen LogP contribution in [0, 0.1) is 6.92 Å². The third-order valence-electron chi connectivity index (χ3n) is 5.19. The average Bonchev–Trinajstić information content (AvgIpc) is 3.33. The average molecular weight is 444 g/mol. The Bertz CT molecular complexity index is 1300. The van der Waals surface area contributed by atoms with Crippen molar-refractivity contribution in [3.63, 3.8) is 0 Å². The monoisotopic (exact) mass is 444 g/mol. The molecule has 0 spiro atoms. The molecule has 0 aliphatic carbocycles. The highest BCUT2D eigenvalue weighted by Crippen LogP contribution is 2.36. The van der Waals surface area contributed by atoms with E-state index in [1.54, 1.807) is 51.8 Å². The van der Waals surface area contributed by atoms with Crippen LogP contribution in [0.2, 0.25) is 0 Å². The highest BCUT2D eigenvalue weighted by molar-refractivity contribution is 6.08. The van der Waals surface area contributed by atoms with Crippen molar-refractivity contribution >= 4 is 11.6 Å². The molecule has 168 valence electrons. The largest absolute Gasteiger partial charge is 0.497 e. The molecule has 0 fully saturated rings. The maximum atomic E-state index is 13.2. The van der Waals surface area contributed by atoms with Crippen LogP contribution in [0.4, 0.5) is 5.69 Å². The van der Waals surface area contributed by atoms with Crippen molar-refractivity contribution in [3.05, 3.63) is 78.0 Å². The summed E-state index contributed by atoms with van der Waals surface area (Å²) in [5, 5.41) is 2.93. The summed E-state index contributed by atoms with van der Waals surface area (Å²) in [6.45, 7) is 1.95. The predicted molar refractivity (Wildman–Crippen MR) is 126 cm³/mol. The highest BCUT2D eigenvalue weighted by atomic mass is 16.5.